The third-order valence-corrected chi connectivity index (χ3v) is 6.84. The highest BCUT2D eigenvalue weighted by atomic mass is 16.5. The minimum absolute atomic E-state index is 0.189. The predicted molar refractivity (Wildman–Crippen MR) is 128 cm³/mol. The summed E-state index contributed by atoms with van der Waals surface area (Å²) in [5.74, 6) is 1.50. The molecule has 1 fully saturated rings. The third-order valence-electron chi connectivity index (χ3n) is 6.84. The van der Waals surface area contributed by atoms with Crippen LogP contribution in [0.25, 0.3) is 11.0 Å². The van der Waals surface area contributed by atoms with Gasteiger partial charge in [-0.2, -0.15) is 0 Å². The molecule has 2 unspecified atom stereocenters. The molecular formula is C26H32N2O6. The van der Waals surface area contributed by atoms with Crippen molar-refractivity contribution in [3.8, 4) is 11.5 Å². The van der Waals surface area contributed by atoms with Crippen LogP contribution >= 0.6 is 0 Å². The van der Waals surface area contributed by atoms with E-state index in [1.54, 1.807) is 32.4 Å². The lowest BCUT2D eigenvalue weighted by atomic mass is 9.86. The molecule has 1 aliphatic rings. The van der Waals surface area contributed by atoms with Gasteiger partial charge in [0.05, 0.1) is 36.9 Å². The molecule has 34 heavy (non-hydrogen) atoms. The topological polar surface area (TPSA) is 103 Å². The highest BCUT2D eigenvalue weighted by molar-refractivity contribution is 5.92. The molecule has 8 nitrogen and oxygen atoms in total. The van der Waals surface area contributed by atoms with Crippen LogP contribution in [0, 0.1) is 12.8 Å². The van der Waals surface area contributed by atoms with Gasteiger partial charge in [0.2, 0.25) is 0 Å². The SMILES string of the molecule is COc1cc(C(O)C(Cc2nc3cc(C(=O)O)ccc3n2C)OCC2CCC2)cc(OC)c1C. The quantitative estimate of drug-likeness (QED) is 0.463. The van der Waals surface area contributed by atoms with E-state index in [1.165, 1.54) is 6.42 Å². The van der Waals surface area contributed by atoms with Crippen molar-refractivity contribution in [3.05, 3.63) is 52.8 Å². The highest BCUT2D eigenvalue weighted by Crippen LogP contribution is 2.35. The zero-order valence-electron chi connectivity index (χ0n) is 20.1. The number of methoxy groups -OCH3 is 2. The number of aromatic carboxylic acids is 1. The second kappa shape index (κ2) is 10.0. The number of aromatic nitrogens is 2. The fraction of sp³-hybridized carbons (Fsp3) is 0.462. The minimum Gasteiger partial charge on any atom is -0.496 e. The number of rotatable bonds is 10. The molecule has 4 rings (SSSR count). The molecule has 1 aromatic heterocycles. The van der Waals surface area contributed by atoms with Gasteiger partial charge in [-0.05, 0) is 61.6 Å². The Bertz CT molecular complexity index is 1160. The Morgan fingerprint density at radius 1 is 1.18 bits per heavy atom. The first-order valence-corrected chi connectivity index (χ1v) is 11.5. The molecule has 2 N–H and O–H groups in total. The summed E-state index contributed by atoms with van der Waals surface area (Å²) >= 11 is 0. The average molecular weight is 469 g/mol. The van der Waals surface area contributed by atoms with Gasteiger partial charge in [0.1, 0.15) is 23.4 Å². The Balaban J connectivity index is 1.66. The number of aryl methyl sites for hydroxylation is 1. The van der Waals surface area contributed by atoms with Crippen LogP contribution in [0.3, 0.4) is 0 Å². The maximum atomic E-state index is 11.4. The molecule has 0 aliphatic heterocycles. The summed E-state index contributed by atoms with van der Waals surface area (Å²) in [7, 11) is 5.07. The highest BCUT2D eigenvalue weighted by Gasteiger charge is 2.28. The number of hydrogen-bond acceptors (Lipinski definition) is 6. The molecule has 182 valence electrons. The molecule has 0 bridgehead atoms. The van der Waals surface area contributed by atoms with Gasteiger partial charge in [-0.15, -0.1) is 0 Å². The first kappa shape index (κ1) is 24.0. The van der Waals surface area contributed by atoms with Crippen molar-refractivity contribution in [1.82, 2.24) is 9.55 Å². The molecule has 1 aliphatic carbocycles. The van der Waals surface area contributed by atoms with E-state index < -0.39 is 18.2 Å². The summed E-state index contributed by atoms with van der Waals surface area (Å²) in [5, 5.41) is 20.7. The van der Waals surface area contributed by atoms with E-state index in [2.05, 4.69) is 4.98 Å². The van der Waals surface area contributed by atoms with Crippen molar-refractivity contribution >= 4 is 17.0 Å². The van der Waals surface area contributed by atoms with Gasteiger partial charge in [0, 0.05) is 25.6 Å². The van der Waals surface area contributed by atoms with Crippen molar-refractivity contribution in [2.24, 2.45) is 13.0 Å². The van der Waals surface area contributed by atoms with Crippen molar-refractivity contribution in [3.63, 3.8) is 0 Å². The Hall–Kier alpha value is -3.10. The van der Waals surface area contributed by atoms with Gasteiger partial charge >= 0.3 is 5.97 Å². The largest absolute Gasteiger partial charge is 0.496 e. The monoisotopic (exact) mass is 468 g/mol. The smallest absolute Gasteiger partial charge is 0.335 e. The van der Waals surface area contributed by atoms with Crippen LogP contribution in [-0.2, 0) is 18.2 Å². The van der Waals surface area contributed by atoms with Crippen LogP contribution in [0.15, 0.2) is 30.3 Å². The van der Waals surface area contributed by atoms with Crippen LogP contribution < -0.4 is 9.47 Å². The fourth-order valence-corrected chi connectivity index (χ4v) is 4.42. The summed E-state index contributed by atoms with van der Waals surface area (Å²) in [6.07, 6.45) is 2.37. The lowest BCUT2D eigenvalue weighted by Crippen LogP contribution is -2.30. The van der Waals surface area contributed by atoms with Crippen LogP contribution in [0.4, 0.5) is 0 Å². The standard InChI is InChI=1S/C26H32N2O6/c1-15-21(32-3)11-18(12-22(15)33-4)25(29)23(34-14-16-6-5-7-16)13-24-27-19-10-17(26(30)31)8-9-20(19)28(24)2/h8-12,16,23,25,29H,5-7,13-14H2,1-4H3,(H,30,31). The molecule has 2 aromatic carbocycles. The Morgan fingerprint density at radius 3 is 2.41 bits per heavy atom. The summed E-state index contributed by atoms with van der Waals surface area (Å²) in [6, 6.07) is 8.52. The molecule has 0 saturated heterocycles. The number of hydrogen-bond donors (Lipinski definition) is 2. The lowest BCUT2D eigenvalue weighted by Gasteiger charge is -2.30. The third kappa shape index (κ3) is 4.74. The number of aliphatic hydroxyl groups excluding tert-OH is 1. The lowest BCUT2D eigenvalue weighted by molar-refractivity contribution is -0.0601. The van der Waals surface area contributed by atoms with E-state index >= 15 is 0 Å². The Kier molecular flexibility index (Phi) is 7.09. The van der Waals surface area contributed by atoms with E-state index in [1.807, 2.05) is 30.7 Å². The Labute approximate surface area is 199 Å². The number of fused-ring (bicyclic) bond motifs is 1. The van der Waals surface area contributed by atoms with E-state index in [-0.39, 0.29) is 5.56 Å². The van der Waals surface area contributed by atoms with Gasteiger partial charge in [0.25, 0.3) is 0 Å². The maximum absolute atomic E-state index is 11.4. The fourth-order valence-electron chi connectivity index (χ4n) is 4.42. The zero-order valence-corrected chi connectivity index (χ0v) is 20.1. The first-order chi connectivity index (χ1) is 16.3. The van der Waals surface area contributed by atoms with Crippen LogP contribution in [0.2, 0.25) is 0 Å². The number of ether oxygens (including phenoxy) is 3. The van der Waals surface area contributed by atoms with Crippen LogP contribution in [0.1, 0.15) is 52.7 Å². The van der Waals surface area contributed by atoms with Gasteiger partial charge in [0.15, 0.2) is 0 Å². The van der Waals surface area contributed by atoms with E-state index in [0.717, 1.165) is 23.9 Å². The van der Waals surface area contributed by atoms with E-state index in [4.69, 9.17) is 14.2 Å². The Morgan fingerprint density at radius 2 is 1.85 bits per heavy atom. The normalized spacial score (nSPS) is 15.7. The molecule has 0 radical (unpaired) electrons. The second-order valence-corrected chi connectivity index (χ2v) is 8.96. The molecule has 1 saturated carbocycles. The van der Waals surface area contributed by atoms with Gasteiger partial charge in [-0.3, -0.25) is 0 Å². The summed E-state index contributed by atoms with van der Waals surface area (Å²) in [5.41, 5.74) is 3.12. The summed E-state index contributed by atoms with van der Waals surface area (Å²) in [4.78, 5) is 16.0. The first-order valence-electron chi connectivity index (χ1n) is 11.5. The van der Waals surface area contributed by atoms with Crippen molar-refractivity contribution in [2.45, 2.75) is 44.8 Å². The number of benzene rings is 2. The van der Waals surface area contributed by atoms with Gasteiger partial charge in [-0.1, -0.05) is 6.42 Å². The van der Waals surface area contributed by atoms with Crippen LogP contribution in [0.5, 0.6) is 11.5 Å². The van der Waals surface area contributed by atoms with E-state index in [9.17, 15) is 15.0 Å². The number of carbonyl (C=O) groups is 1. The number of carboxylic acid groups (broad SMARTS) is 1. The zero-order chi connectivity index (χ0) is 24.4. The molecule has 3 aromatic rings. The van der Waals surface area contributed by atoms with Crippen molar-refractivity contribution in [1.29, 1.82) is 0 Å². The minimum atomic E-state index is -0.992. The predicted octanol–water partition coefficient (Wildman–Crippen LogP) is 4.06. The van der Waals surface area contributed by atoms with Gasteiger partial charge in [-0.25, -0.2) is 9.78 Å². The maximum Gasteiger partial charge on any atom is 0.335 e. The molecule has 8 heteroatoms. The average Bonchev–Trinajstić information content (AvgIpc) is 3.11. The molecule has 0 spiro atoms. The second-order valence-electron chi connectivity index (χ2n) is 8.96. The number of nitrogens with zero attached hydrogens (tertiary/aromatic N) is 2. The molecule has 1 heterocycles. The van der Waals surface area contributed by atoms with Crippen molar-refractivity contribution in [2.75, 3.05) is 20.8 Å². The summed E-state index contributed by atoms with van der Waals surface area (Å²) in [6.45, 7) is 2.48. The van der Waals surface area contributed by atoms with Crippen LogP contribution in [-0.4, -0.2) is 52.7 Å². The molecule has 0 amide bonds. The molecular weight excluding hydrogens is 436 g/mol. The number of aliphatic hydroxyl groups is 1. The van der Waals surface area contributed by atoms with Gasteiger partial charge < -0.3 is 29.0 Å². The molecule has 2 atom stereocenters. The summed E-state index contributed by atoms with van der Waals surface area (Å²) < 4.78 is 19.2. The van der Waals surface area contributed by atoms with E-state index in [0.29, 0.717) is 47.3 Å². The number of imidazole rings is 1. The number of carboxylic acids is 1. The van der Waals surface area contributed by atoms with Crippen molar-refractivity contribution < 1.29 is 29.2 Å².